The maximum Gasteiger partial charge on any atom is 0.119 e. The van der Waals surface area contributed by atoms with Gasteiger partial charge < -0.3 is 5.73 Å². The van der Waals surface area contributed by atoms with Crippen molar-refractivity contribution < 1.29 is 1.41 Å². The van der Waals surface area contributed by atoms with Crippen molar-refractivity contribution in [1.82, 2.24) is 0 Å². The Morgan fingerprint density at radius 2 is 2.09 bits per heavy atom. The van der Waals surface area contributed by atoms with Gasteiger partial charge in [-0.15, -0.1) is 0 Å². The molecule has 0 heterocycles. The third-order valence-electron chi connectivity index (χ3n) is 1.66. The minimum atomic E-state index is 0.229. The Morgan fingerprint density at radius 3 is 2.64 bits per heavy atom. The molecule has 0 aliphatic carbocycles. The molecule has 2 N–H and O–H groups in total. The smallest absolute Gasteiger partial charge is 0.119 e. The minimum Gasteiger partial charge on any atom is -0.328 e. The van der Waals surface area contributed by atoms with Gasteiger partial charge in [0.2, 0.25) is 0 Å². The summed E-state index contributed by atoms with van der Waals surface area (Å²) in [5, 5.41) is 0. The topological polar surface area (TPSA) is 26.0 Å². The molecule has 0 spiro atoms. The predicted molar refractivity (Wildman–Crippen MR) is 48.5 cm³/mol. The Labute approximate surface area is 69.7 Å². The van der Waals surface area contributed by atoms with Crippen molar-refractivity contribution in [3.8, 4) is 0 Å². The molecule has 0 saturated heterocycles. The zero-order valence-electron chi connectivity index (χ0n) is 8.09. The van der Waals surface area contributed by atoms with Crippen LogP contribution >= 0.6 is 0 Å². The van der Waals surface area contributed by atoms with Gasteiger partial charge in [-0.2, -0.15) is 0 Å². The van der Waals surface area contributed by atoms with E-state index in [0.29, 0.717) is 0 Å². The Morgan fingerprint density at radius 1 is 1.45 bits per heavy atom. The highest BCUT2D eigenvalue weighted by atomic mass is 14.6. The summed E-state index contributed by atoms with van der Waals surface area (Å²) in [4.78, 5) is 0. The van der Waals surface area contributed by atoms with Crippen LogP contribution in [0.3, 0.4) is 0 Å². The molecule has 1 unspecified atom stereocenters. The molecule has 0 amide bonds. The van der Waals surface area contributed by atoms with Crippen molar-refractivity contribution in [2.75, 3.05) is 0 Å². The van der Waals surface area contributed by atoms with Gasteiger partial charge in [-0.3, -0.25) is 0 Å². The van der Waals surface area contributed by atoms with Crippen LogP contribution in [0.2, 0.25) is 1.41 Å². The number of aryl methyl sites for hydroxylation is 1. The fourth-order valence-corrected chi connectivity index (χ4v) is 1.08. The fourth-order valence-electron chi connectivity index (χ4n) is 1.08. The van der Waals surface area contributed by atoms with Crippen LogP contribution in [0.1, 0.15) is 18.1 Å². The molecule has 0 aromatic heterocycles. The summed E-state index contributed by atoms with van der Waals surface area (Å²) in [6, 6.07) is 8.66. The van der Waals surface area contributed by atoms with Crippen LogP contribution in [-0.4, -0.2) is 6.04 Å². The SMILES string of the molecule is [3H]NC(C)Cc1ccc(C)cc1. The first-order valence-corrected chi connectivity index (χ1v) is 3.95. The van der Waals surface area contributed by atoms with Gasteiger partial charge in [0.25, 0.3) is 0 Å². The van der Waals surface area contributed by atoms with Crippen LogP contribution in [0.25, 0.3) is 0 Å². The summed E-state index contributed by atoms with van der Waals surface area (Å²) in [6.45, 7) is 4.09. The molecular formula is C10H15N. The quantitative estimate of drug-likeness (QED) is 0.701. The van der Waals surface area contributed by atoms with E-state index in [9.17, 15) is 0 Å². The molecule has 1 rings (SSSR count). The average molecular weight is 151 g/mol. The monoisotopic (exact) mass is 151 g/mol. The lowest BCUT2D eigenvalue weighted by atomic mass is 10.1. The standard InChI is InChI=1S/C10H15N/c1-8-3-5-10(6-4-8)7-9(2)11/h3-6,9H,7,11H2,1-2H3/i/hT. The van der Waals surface area contributed by atoms with Crippen LogP contribution in [0, 0.1) is 6.92 Å². The fraction of sp³-hybridized carbons (Fsp3) is 0.400. The van der Waals surface area contributed by atoms with Crippen LogP contribution in [-0.2, 0) is 6.42 Å². The predicted octanol–water partition coefficient (Wildman–Crippen LogP) is 1.88. The first kappa shape index (κ1) is 6.86. The van der Waals surface area contributed by atoms with Crippen molar-refractivity contribution in [2.45, 2.75) is 26.3 Å². The zero-order valence-corrected chi connectivity index (χ0v) is 7.09. The van der Waals surface area contributed by atoms with Gasteiger partial charge in [-0.25, -0.2) is 0 Å². The number of benzene rings is 1. The highest BCUT2D eigenvalue weighted by Crippen LogP contribution is 2.04. The summed E-state index contributed by atoms with van der Waals surface area (Å²) in [5.41, 5.74) is 5.05. The van der Waals surface area contributed by atoms with Crippen molar-refractivity contribution in [1.29, 1.82) is 0 Å². The van der Waals surface area contributed by atoms with Crippen LogP contribution in [0.5, 0.6) is 0 Å². The first-order valence-electron chi connectivity index (χ1n) is 4.45. The van der Waals surface area contributed by atoms with E-state index in [1.807, 2.05) is 6.92 Å². The maximum atomic E-state index is 6.95. The van der Waals surface area contributed by atoms with Crippen molar-refractivity contribution in [3.05, 3.63) is 35.4 Å². The van der Waals surface area contributed by atoms with Crippen LogP contribution in [0.4, 0.5) is 0 Å². The van der Waals surface area contributed by atoms with Crippen LogP contribution < -0.4 is 5.73 Å². The van der Waals surface area contributed by atoms with Crippen molar-refractivity contribution in [2.24, 2.45) is 5.73 Å². The number of hydrogen-bond donors (Lipinski definition) is 1. The second-order valence-corrected chi connectivity index (χ2v) is 3.09. The van der Waals surface area contributed by atoms with Gasteiger partial charge in [0.15, 0.2) is 0 Å². The molecule has 1 aromatic carbocycles. The Hall–Kier alpha value is -0.820. The normalized spacial score (nSPS) is 14.2. The van der Waals surface area contributed by atoms with Crippen molar-refractivity contribution >= 4 is 0 Å². The molecule has 0 fully saturated rings. The Balaban J connectivity index is 2.58. The summed E-state index contributed by atoms with van der Waals surface area (Å²) < 4.78 is 6.95. The molecule has 0 saturated carbocycles. The molecule has 11 heavy (non-hydrogen) atoms. The van der Waals surface area contributed by atoms with Gasteiger partial charge in [-0.1, -0.05) is 29.8 Å². The van der Waals surface area contributed by atoms with Crippen LogP contribution in [0.15, 0.2) is 24.3 Å². The van der Waals surface area contributed by atoms with E-state index in [1.54, 1.807) is 0 Å². The molecule has 1 atom stereocenters. The minimum absolute atomic E-state index is 0.229. The highest BCUT2D eigenvalue weighted by molar-refractivity contribution is 5.21. The maximum absolute atomic E-state index is 6.95. The molecule has 0 aliphatic rings. The van der Waals surface area contributed by atoms with Gasteiger partial charge in [-0.05, 0) is 25.8 Å². The summed E-state index contributed by atoms with van der Waals surface area (Å²) in [7, 11) is 0. The van der Waals surface area contributed by atoms with E-state index < -0.39 is 0 Å². The lowest BCUT2D eigenvalue weighted by Crippen LogP contribution is -2.17. The zero-order chi connectivity index (χ0) is 8.97. The van der Waals surface area contributed by atoms with Gasteiger partial charge in [0.05, 0.1) is 0 Å². The molecule has 0 aliphatic heterocycles. The summed E-state index contributed by atoms with van der Waals surface area (Å²) in [6.07, 6.45) is 0.920. The lowest BCUT2D eigenvalue weighted by molar-refractivity contribution is 0.738. The Bertz CT molecular complexity index is 230. The van der Waals surface area contributed by atoms with Gasteiger partial charge in [0, 0.05) is 6.04 Å². The number of hydrogen-bond acceptors (Lipinski definition) is 1. The van der Waals surface area contributed by atoms with Crippen molar-refractivity contribution in [3.63, 3.8) is 0 Å². The van der Waals surface area contributed by atoms with E-state index in [4.69, 9.17) is 1.41 Å². The molecule has 1 nitrogen and oxygen atoms in total. The largest absolute Gasteiger partial charge is 0.328 e. The third kappa shape index (κ3) is 2.72. The number of nitrogens with two attached hydrogens (primary N) is 1. The second-order valence-electron chi connectivity index (χ2n) is 3.09. The second kappa shape index (κ2) is 3.54. The van der Waals surface area contributed by atoms with E-state index in [-0.39, 0.29) is 6.04 Å². The molecular weight excluding hydrogens is 134 g/mol. The molecule has 1 heteroatoms. The molecule has 0 radical (unpaired) electrons. The van der Waals surface area contributed by atoms with E-state index in [1.165, 1.54) is 11.1 Å². The van der Waals surface area contributed by atoms with Gasteiger partial charge in [0.1, 0.15) is 1.41 Å². The molecule has 0 bridgehead atoms. The third-order valence-corrected chi connectivity index (χ3v) is 1.66. The average Bonchev–Trinajstić information content (AvgIpc) is 2.09. The highest BCUT2D eigenvalue weighted by Gasteiger charge is 1.95. The lowest BCUT2D eigenvalue weighted by Gasteiger charge is -2.04. The van der Waals surface area contributed by atoms with E-state index in [2.05, 4.69) is 36.9 Å². The van der Waals surface area contributed by atoms with E-state index in [0.717, 1.165) is 6.42 Å². The van der Waals surface area contributed by atoms with Gasteiger partial charge >= 0.3 is 0 Å². The molecule has 60 valence electrons. The summed E-state index contributed by atoms with van der Waals surface area (Å²) in [5.74, 6) is 0. The summed E-state index contributed by atoms with van der Waals surface area (Å²) >= 11 is 0. The first-order chi connectivity index (χ1) is 5.72. The van der Waals surface area contributed by atoms with E-state index >= 15 is 0 Å². The Kier molecular flexibility index (Phi) is 2.21. The number of rotatable bonds is 3. The molecule has 1 aromatic rings.